The van der Waals surface area contributed by atoms with Gasteiger partial charge in [0.2, 0.25) is 0 Å². The van der Waals surface area contributed by atoms with Gasteiger partial charge < -0.3 is 10.6 Å². The molecular weight excluding hydrogens is 360 g/mol. The van der Waals surface area contributed by atoms with Crippen molar-refractivity contribution in [1.82, 2.24) is 25.3 Å². The molecule has 5 rings (SSSR count). The van der Waals surface area contributed by atoms with E-state index in [9.17, 15) is 0 Å². The summed E-state index contributed by atoms with van der Waals surface area (Å²) in [6.07, 6.45) is 4.82. The monoisotopic (exact) mass is 378 g/mol. The number of nitrogens with one attached hydrogen (secondary N) is 3. The van der Waals surface area contributed by atoms with Gasteiger partial charge in [-0.05, 0) is 55.3 Å². The van der Waals surface area contributed by atoms with Crippen molar-refractivity contribution in [3.63, 3.8) is 0 Å². The molecule has 0 bridgehead atoms. The van der Waals surface area contributed by atoms with Crippen molar-refractivity contribution in [3.8, 4) is 5.69 Å². The molecule has 0 saturated carbocycles. The summed E-state index contributed by atoms with van der Waals surface area (Å²) < 4.78 is 1.92. The van der Waals surface area contributed by atoms with Crippen LogP contribution in [0.15, 0.2) is 42.7 Å². The fourth-order valence-corrected chi connectivity index (χ4v) is 3.79. The molecule has 0 spiro atoms. The molecule has 1 aliphatic heterocycles. The Morgan fingerprint density at radius 3 is 3.04 bits per heavy atom. The van der Waals surface area contributed by atoms with Crippen LogP contribution >= 0.6 is 11.6 Å². The van der Waals surface area contributed by atoms with E-state index in [4.69, 9.17) is 16.7 Å². The van der Waals surface area contributed by atoms with Gasteiger partial charge in [-0.1, -0.05) is 17.7 Å². The van der Waals surface area contributed by atoms with Crippen LogP contribution in [0, 0.1) is 6.92 Å². The van der Waals surface area contributed by atoms with Crippen LogP contribution in [0.2, 0.25) is 5.02 Å². The smallest absolute Gasteiger partial charge is 0.155 e. The van der Waals surface area contributed by atoms with Crippen LogP contribution in [-0.2, 0) is 13.0 Å². The maximum Gasteiger partial charge on any atom is 0.155 e. The summed E-state index contributed by atoms with van der Waals surface area (Å²) in [7, 11) is 0. The third-order valence-corrected chi connectivity index (χ3v) is 5.46. The zero-order valence-corrected chi connectivity index (χ0v) is 15.6. The molecule has 6 nitrogen and oxygen atoms in total. The molecule has 4 aromatic rings. The van der Waals surface area contributed by atoms with E-state index in [2.05, 4.69) is 39.0 Å². The van der Waals surface area contributed by atoms with Crippen LogP contribution < -0.4 is 10.6 Å². The Balaban J connectivity index is 1.48. The average Bonchev–Trinajstić information content (AvgIpc) is 3.31. The Hall–Kier alpha value is -2.83. The van der Waals surface area contributed by atoms with Gasteiger partial charge in [0.1, 0.15) is 0 Å². The highest BCUT2D eigenvalue weighted by Gasteiger charge is 2.13. The van der Waals surface area contributed by atoms with Crippen molar-refractivity contribution in [3.05, 3.63) is 64.4 Å². The number of nitrogens with zero attached hydrogens (tertiary/aromatic N) is 3. The molecule has 0 amide bonds. The van der Waals surface area contributed by atoms with Gasteiger partial charge in [-0.3, -0.25) is 5.10 Å². The Kier molecular flexibility index (Phi) is 3.88. The fourth-order valence-electron chi connectivity index (χ4n) is 3.53. The number of aryl methyl sites for hydroxylation is 1. The highest BCUT2D eigenvalue weighted by molar-refractivity contribution is 6.38. The summed E-state index contributed by atoms with van der Waals surface area (Å²) in [5.41, 5.74) is 6.61. The number of hydrogen-bond acceptors (Lipinski definition) is 4. The van der Waals surface area contributed by atoms with Gasteiger partial charge >= 0.3 is 0 Å². The molecule has 0 unspecified atom stereocenters. The van der Waals surface area contributed by atoms with E-state index in [0.29, 0.717) is 5.02 Å². The lowest BCUT2D eigenvalue weighted by molar-refractivity contribution is 0.643. The quantitative estimate of drug-likeness (QED) is 0.502. The van der Waals surface area contributed by atoms with E-state index in [0.717, 1.165) is 53.2 Å². The lowest BCUT2D eigenvalue weighted by atomic mass is 10.0. The summed E-state index contributed by atoms with van der Waals surface area (Å²) in [5.74, 6) is 0.791. The van der Waals surface area contributed by atoms with E-state index in [1.165, 1.54) is 11.1 Å². The third-order valence-electron chi connectivity index (χ3n) is 5.05. The molecule has 7 heteroatoms. The Bertz CT molecular complexity index is 1140. The molecule has 0 radical (unpaired) electrons. The van der Waals surface area contributed by atoms with E-state index < -0.39 is 0 Å². The zero-order valence-electron chi connectivity index (χ0n) is 14.9. The largest absolute Gasteiger partial charge is 0.337 e. The first-order chi connectivity index (χ1) is 13.2. The lowest BCUT2D eigenvalue weighted by Crippen LogP contribution is -2.23. The van der Waals surface area contributed by atoms with Gasteiger partial charge in [-0.25, -0.2) is 4.68 Å². The SMILES string of the molecule is Cc1cn(-c2ccc3c(c2)CCNC3)nc1Nc1ccc2[nH]ncc2c1Cl. The summed E-state index contributed by atoms with van der Waals surface area (Å²) in [6, 6.07) is 10.4. The van der Waals surface area contributed by atoms with Gasteiger partial charge in [0.05, 0.1) is 28.1 Å². The van der Waals surface area contributed by atoms with E-state index in [-0.39, 0.29) is 0 Å². The van der Waals surface area contributed by atoms with Gasteiger partial charge in [0.15, 0.2) is 5.82 Å². The molecule has 0 aliphatic carbocycles. The number of rotatable bonds is 3. The number of aromatic nitrogens is 4. The molecule has 0 fully saturated rings. The second-order valence-electron chi connectivity index (χ2n) is 6.87. The van der Waals surface area contributed by atoms with Crippen molar-refractivity contribution in [2.45, 2.75) is 19.9 Å². The number of fused-ring (bicyclic) bond motifs is 2. The molecular formula is C20H19ClN6. The minimum atomic E-state index is 0.636. The molecule has 1 aliphatic rings. The highest BCUT2D eigenvalue weighted by Crippen LogP contribution is 2.32. The van der Waals surface area contributed by atoms with Crippen molar-refractivity contribution in [1.29, 1.82) is 0 Å². The second kappa shape index (κ2) is 6.40. The maximum atomic E-state index is 6.53. The first-order valence-corrected chi connectivity index (χ1v) is 9.34. The first kappa shape index (κ1) is 16.4. The minimum absolute atomic E-state index is 0.636. The van der Waals surface area contributed by atoms with Crippen LogP contribution in [0.3, 0.4) is 0 Å². The molecule has 0 saturated heterocycles. The molecule has 3 N–H and O–H groups in total. The van der Waals surface area contributed by atoms with Crippen LogP contribution in [-0.4, -0.2) is 26.5 Å². The Morgan fingerprint density at radius 1 is 1.19 bits per heavy atom. The molecule has 2 aromatic carbocycles. The Morgan fingerprint density at radius 2 is 2.11 bits per heavy atom. The van der Waals surface area contributed by atoms with Gasteiger partial charge in [0, 0.05) is 23.7 Å². The lowest BCUT2D eigenvalue weighted by Gasteiger charge is -2.17. The van der Waals surface area contributed by atoms with Crippen molar-refractivity contribution < 1.29 is 0 Å². The minimum Gasteiger partial charge on any atom is -0.337 e. The highest BCUT2D eigenvalue weighted by atomic mass is 35.5. The third kappa shape index (κ3) is 2.87. The molecule has 0 atom stereocenters. The van der Waals surface area contributed by atoms with Gasteiger partial charge in [-0.15, -0.1) is 5.10 Å². The number of H-pyrrole nitrogens is 1. The summed E-state index contributed by atoms with van der Waals surface area (Å²) in [4.78, 5) is 0. The van der Waals surface area contributed by atoms with Crippen molar-refractivity contribution in [2.75, 3.05) is 11.9 Å². The summed E-state index contributed by atoms with van der Waals surface area (Å²) in [5, 5.41) is 20.0. The van der Waals surface area contributed by atoms with E-state index in [1.807, 2.05) is 29.9 Å². The molecule has 136 valence electrons. The average molecular weight is 379 g/mol. The number of anilines is 2. The fraction of sp³-hybridized carbons (Fsp3) is 0.200. The number of hydrogen-bond donors (Lipinski definition) is 3. The number of benzene rings is 2. The van der Waals surface area contributed by atoms with Crippen LogP contribution in [0.4, 0.5) is 11.5 Å². The maximum absolute atomic E-state index is 6.53. The zero-order chi connectivity index (χ0) is 18.4. The number of aromatic amines is 1. The number of halogens is 1. The van der Waals surface area contributed by atoms with Crippen molar-refractivity contribution in [2.24, 2.45) is 0 Å². The van der Waals surface area contributed by atoms with Gasteiger partial charge in [-0.2, -0.15) is 5.10 Å². The molecule has 27 heavy (non-hydrogen) atoms. The summed E-state index contributed by atoms with van der Waals surface area (Å²) in [6.45, 7) is 4.00. The molecule has 2 aromatic heterocycles. The van der Waals surface area contributed by atoms with Gasteiger partial charge in [0.25, 0.3) is 0 Å². The predicted octanol–water partition coefficient (Wildman–Crippen LogP) is 4.10. The topological polar surface area (TPSA) is 70.6 Å². The predicted molar refractivity (Wildman–Crippen MR) is 108 cm³/mol. The van der Waals surface area contributed by atoms with Crippen LogP contribution in [0.1, 0.15) is 16.7 Å². The van der Waals surface area contributed by atoms with E-state index in [1.54, 1.807) is 6.20 Å². The standard InChI is InChI=1S/C20H19ClN6/c1-12-11-27(15-3-2-14-9-22-7-6-13(14)8-15)26-20(12)24-18-5-4-17-16(19(18)21)10-23-25-17/h2-5,8,10-11,22H,6-7,9H2,1H3,(H,23,25)(H,24,26). The van der Waals surface area contributed by atoms with Crippen LogP contribution in [0.5, 0.6) is 0 Å². The normalized spacial score (nSPS) is 13.7. The second-order valence-corrected chi connectivity index (χ2v) is 7.25. The van der Waals surface area contributed by atoms with E-state index >= 15 is 0 Å². The first-order valence-electron chi connectivity index (χ1n) is 8.97. The molecule has 3 heterocycles. The Labute approximate surface area is 161 Å². The van der Waals surface area contributed by atoms with Crippen LogP contribution in [0.25, 0.3) is 16.6 Å². The van der Waals surface area contributed by atoms with Crippen molar-refractivity contribution >= 4 is 34.0 Å². The summed E-state index contributed by atoms with van der Waals surface area (Å²) >= 11 is 6.53.